The van der Waals surface area contributed by atoms with Gasteiger partial charge in [0.2, 0.25) is 0 Å². The number of hydrogen-bond donors (Lipinski definition) is 2. The van der Waals surface area contributed by atoms with Crippen molar-refractivity contribution >= 4 is 18.0 Å². The summed E-state index contributed by atoms with van der Waals surface area (Å²) in [6, 6.07) is 5.27. The molecular formula is C15H21N3O4. The molecule has 0 unspecified atom stereocenters. The molecule has 0 aliphatic rings. The zero-order valence-corrected chi connectivity index (χ0v) is 13.0. The van der Waals surface area contributed by atoms with Crippen molar-refractivity contribution in [3.05, 3.63) is 23.8 Å². The van der Waals surface area contributed by atoms with E-state index in [1.807, 2.05) is 6.92 Å². The molecule has 0 fully saturated rings. The molecule has 1 aromatic carbocycles. The van der Waals surface area contributed by atoms with E-state index in [0.29, 0.717) is 30.2 Å². The molecule has 0 spiro atoms. The first-order valence-corrected chi connectivity index (χ1v) is 7.04. The highest BCUT2D eigenvalue weighted by Crippen LogP contribution is 2.27. The molecule has 2 N–H and O–H groups in total. The van der Waals surface area contributed by atoms with Crippen LogP contribution in [0.4, 0.5) is 0 Å². The van der Waals surface area contributed by atoms with Crippen molar-refractivity contribution in [3.63, 3.8) is 0 Å². The van der Waals surface area contributed by atoms with Gasteiger partial charge in [0.25, 0.3) is 0 Å². The molecule has 0 aromatic heterocycles. The van der Waals surface area contributed by atoms with E-state index in [1.165, 1.54) is 6.21 Å². The van der Waals surface area contributed by atoms with E-state index in [9.17, 15) is 9.59 Å². The Morgan fingerprint density at radius 3 is 2.64 bits per heavy atom. The standard InChI is InChI=1S/C15H21N3O4/c1-4-8-22-12-7-6-11(9-13(12)21-3)10-17-18-15(20)14(19)16-5-2/h6-7,9-10H,4-5,8H2,1-3H3,(H,16,19)(H,18,20)/b17-10-. The molecule has 1 aromatic rings. The average Bonchev–Trinajstić information content (AvgIpc) is 2.53. The number of hydrogen-bond acceptors (Lipinski definition) is 5. The number of likely N-dealkylation sites (N-methyl/N-ethyl adjacent to an activating group) is 1. The fourth-order valence-electron chi connectivity index (χ4n) is 1.55. The molecule has 0 aliphatic heterocycles. The van der Waals surface area contributed by atoms with Crippen LogP contribution in [-0.4, -0.2) is 38.3 Å². The normalized spacial score (nSPS) is 10.3. The van der Waals surface area contributed by atoms with E-state index in [4.69, 9.17) is 9.47 Å². The van der Waals surface area contributed by atoms with E-state index in [2.05, 4.69) is 15.8 Å². The summed E-state index contributed by atoms with van der Waals surface area (Å²) in [5.41, 5.74) is 2.85. The lowest BCUT2D eigenvalue weighted by molar-refractivity contribution is -0.139. The van der Waals surface area contributed by atoms with Crippen LogP contribution >= 0.6 is 0 Å². The molecule has 0 heterocycles. The monoisotopic (exact) mass is 307 g/mol. The number of rotatable bonds is 7. The number of hydrazone groups is 1. The van der Waals surface area contributed by atoms with Crippen LogP contribution in [0.2, 0.25) is 0 Å². The first kappa shape index (κ1) is 17.5. The third-order valence-corrected chi connectivity index (χ3v) is 2.57. The van der Waals surface area contributed by atoms with E-state index < -0.39 is 11.8 Å². The molecule has 0 saturated carbocycles. The van der Waals surface area contributed by atoms with Crippen LogP contribution in [0.3, 0.4) is 0 Å². The maximum absolute atomic E-state index is 11.3. The maximum atomic E-state index is 11.3. The molecule has 0 bridgehead atoms. The van der Waals surface area contributed by atoms with Gasteiger partial charge in [-0.25, -0.2) is 5.43 Å². The highest BCUT2D eigenvalue weighted by atomic mass is 16.5. The first-order chi connectivity index (χ1) is 10.6. The number of ether oxygens (including phenoxy) is 2. The molecule has 0 aliphatic carbocycles. The van der Waals surface area contributed by atoms with Crippen LogP contribution in [-0.2, 0) is 9.59 Å². The Morgan fingerprint density at radius 2 is 2.00 bits per heavy atom. The van der Waals surface area contributed by atoms with Gasteiger partial charge in [-0.15, -0.1) is 0 Å². The summed E-state index contributed by atoms with van der Waals surface area (Å²) in [6.45, 7) is 4.73. The zero-order chi connectivity index (χ0) is 16.4. The molecule has 0 atom stereocenters. The minimum absolute atomic E-state index is 0.381. The van der Waals surface area contributed by atoms with Crippen molar-refractivity contribution in [1.82, 2.24) is 10.7 Å². The van der Waals surface area contributed by atoms with Gasteiger partial charge < -0.3 is 14.8 Å². The Kier molecular flexibility index (Phi) is 7.45. The van der Waals surface area contributed by atoms with Crippen molar-refractivity contribution < 1.29 is 19.1 Å². The van der Waals surface area contributed by atoms with Crippen LogP contribution in [0.25, 0.3) is 0 Å². The van der Waals surface area contributed by atoms with Gasteiger partial charge in [-0.3, -0.25) is 9.59 Å². The number of benzene rings is 1. The van der Waals surface area contributed by atoms with Crippen LogP contribution in [0.1, 0.15) is 25.8 Å². The summed E-state index contributed by atoms with van der Waals surface area (Å²) in [4.78, 5) is 22.5. The maximum Gasteiger partial charge on any atom is 0.329 e. The zero-order valence-electron chi connectivity index (χ0n) is 13.0. The fourth-order valence-corrected chi connectivity index (χ4v) is 1.55. The van der Waals surface area contributed by atoms with E-state index in [0.717, 1.165) is 6.42 Å². The lowest BCUT2D eigenvalue weighted by Gasteiger charge is -2.10. The molecule has 1 rings (SSSR count). The lowest BCUT2D eigenvalue weighted by Crippen LogP contribution is -2.37. The highest BCUT2D eigenvalue weighted by Gasteiger charge is 2.10. The van der Waals surface area contributed by atoms with Gasteiger partial charge >= 0.3 is 11.8 Å². The molecule has 2 amide bonds. The van der Waals surface area contributed by atoms with Crippen molar-refractivity contribution in [3.8, 4) is 11.5 Å². The number of methoxy groups -OCH3 is 1. The topological polar surface area (TPSA) is 89.0 Å². The Labute approximate surface area is 129 Å². The molecule has 7 nitrogen and oxygen atoms in total. The number of nitrogens with zero attached hydrogens (tertiary/aromatic N) is 1. The van der Waals surface area contributed by atoms with Crippen LogP contribution in [0, 0.1) is 0 Å². The third-order valence-electron chi connectivity index (χ3n) is 2.57. The van der Waals surface area contributed by atoms with E-state index in [1.54, 1.807) is 32.2 Å². The Bertz CT molecular complexity index is 544. The van der Waals surface area contributed by atoms with Gasteiger partial charge in [-0.2, -0.15) is 5.10 Å². The second kappa shape index (κ2) is 9.38. The van der Waals surface area contributed by atoms with Gasteiger partial charge in [0.1, 0.15) is 0 Å². The van der Waals surface area contributed by atoms with Gasteiger partial charge in [-0.05, 0) is 37.1 Å². The minimum atomic E-state index is -0.812. The second-order valence-corrected chi connectivity index (χ2v) is 4.32. The summed E-state index contributed by atoms with van der Waals surface area (Å²) in [5, 5.41) is 6.11. The summed E-state index contributed by atoms with van der Waals surface area (Å²) < 4.78 is 10.8. The summed E-state index contributed by atoms with van der Waals surface area (Å²) in [5.74, 6) is -0.311. The summed E-state index contributed by atoms with van der Waals surface area (Å²) >= 11 is 0. The van der Waals surface area contributed by atoms with E-state index >= 15 is 0 Å². The van der Waals surface area contributed by atoms with Gasteiger partial charge in [-0.1, -0.05) is 6.92 Å². The summed E-state index contributed by atoms with van der Waals surface area (Å²) in [6.07, 6.45) is 2.32. The predicted octanol–water partition coefficient (Wildman–Crippen LogP) is 1.07. The SMILES string of the molecule is CCCOc1ccc(/C=N\NC(=O)C(=O)NCC)cc1OC. The van der Waals surface area contributed by atoms with Crippen LogP contribution in [0.5, 0.6) is 11.5 Å². The van der Waals surface area contributed by atoms with Gasteiger partial charge in [0, 0.05) is 6.54 Å². The second-order valence-electron chi connectivity index (χ2n) is 4.32. The number of carbonyl (C=O) groups excluding carboxylic acids is 2. The van der Waals surface area contributed by atoms with Crippen LogP contribution in [0.15, 0.2) is 23.3 Å². The largest absolute Gasteiger partial charge is 0.493 e. The average molecular weight is 307 g/mol. The molecule has 0 saturated heterocycles. The molecular weight excluding hydrogens is 286 g/mol. The van der Waals surface area contributed by atoms with Crippen molar-refractivity contribution in [2.24, 2.45) is 5.10 Å². The molecule has 22 heavy (non-hydrogen) atoms. The Balaban J connectivity index is 2.67. The smallest absolute Gasteiger partial charge is 0.329 e. The molecule has 0 radical (unpaired) electrons. The molecule has 120 valence electrons. The highest BCUT2D eigenvalue weighted by molar-refractivity contribution is 6.35. The minimum Gasteiger partial charge on any atom is -0.493 e. The fraction of sp³-hybridized carbons (Fsp3) is 0.400. The third kappa shape index (κ3) is 5.43. The predicted molar refractivity (Wildman–Crippen MR) is 83.2 cm³/mol. The quantitative estimate of drug-likeness (QED) is 0.448. The first-order valence-electron chi connectivity index (χ1n) is 7.04. The van der Waals surface area contributed by atoms with Gasteiger partial charge in [0.15, 0.2) is 11.5 Å². The number of amides is 2. The Hall–Kier alpha value is -2.57. The van der Waals surface area contributed by atoms with E-state index in [-0.39, 0.29) is 0 Å². The lowest BCUT2D eigenvalue weighted by atomic mass is 10.2. The van der Waals surface area contributed by atoms with Crippen molar-refractivity contribution in [1.29, 1.82) is 0 Å². The number of carbonyl (C=O) groups is 2. The Morgan fingerprint density at radius 1 is 1.23 bits per heavy atom. The summed E-state index contributed by atoms with van der Waals surface area (Å²) in [7, 11) is 1.55. The van der Waals surface area contributed by atoms with Gasteiger partial charge in [0.05, 0.1) is 19.9 Å². The van der Waals surface area contributed by atoms with Crippen molar-refractivity contribution in [2.45, 2.75) is 20.3 Å². The van der Waals surface area contributed by atoms with Crippen molar-refractivity contribution in [2.75, 3.05) is 20.3 Å². The van der Waals surface area contributed by atoms with Crippen LogP contribution < -0.4 is 20.2 Å². The number of nitrogens with one attached hydrogen (secondary N) is 2. The molecule has 7 heteroatoms.